The molecule has 1 aromatic carbocycles. The van der Waals surface area contributed by atoms with Gasteiger partial charge in [-0.1, -0.05) is 53.7 Å². The highest BCUT2D eigenvalue weighted by Crippen LogP contribution is 2.35. The minimum atomic E-state index is -0.00234. The molecule has 16 heavy (non-hydrogen) atoms. The van der Waals surface area contributed by atoms with Crippen LogP contribution in [0.2, 0.25) is 0 Å². The quantitative estimate of drug-likeness (QED) is 0.685. The lowest BCUT2D eigenvalue weighted by molar-refractivity contribution is 0.445. The van der Waals surface area contributed by atoms with Crippen molar-refractivity contribution in [3.63, 3.8) is 0 Å². The molecule has 0 bridgehead atoms. The summed E-state index contributed by atoms with van der Waals surface area (Å²) in [4.78, 5) is 0. The summed E-state index contributed by atoms with van der Waals surface area (Å²) in [6.07, 6.45) is 0. The first-order valence-electron chi connectivity index (χ1n) is 5.65. The summed E-state index contributed by atoms with van der Waals surface area (Å²) in [6, 6.07) is 6.09. The monoisotopic (exact) mass is 217 g/mol. The molecule has 0 fully saturated rings. The maximum absolute atomic E-state index is 7.09. The highest BCUT2D eigenvalue weighted by Gasteiger charge is 2.22. The van der Waals surface area contributed by atoms with Gasteiger partial charge >= 0.3 is 0 Å². The second-order valence-electron chi connectivity index (χ2n) is 6.31. The molecule has 1 heteroatoms. The van der Waals surface area contributed by atoms with Gasteiger partial charge in [-0.3, -0.25) is 0 Å². The van der Waals surface area contributed by atoms with Crippen molar-refractivity contribution in [3.05, 3.63) is 36.4 Å². The van der Waals surface area contributed by atoms with Crippen molar-refractivity contribution in [2.45, 2.75) is 52.4 Å². The number of rotatable bonds is 1. The van der Waals surface area contributed by atoms with E-state index in [2.05, 4.69) is 52.3 Å². The van der Waals surface area contributed by atoms with Gasteiger partial charge in [0.2, 0.25) is 0 Å². The molecule has 0 aliphatic rings. The fourth-order valence-corrected chi connectivity index (χ4v) is 1.67. The summed E-state index contributed by atoms with van der Waals surface area (Å²) >= 11 is 0. The van der Waals surface area contributed by atoms with Gasteiger partial charge in [0, 0.05) is 0 Å². The average Bonchev–Trinajstić information content (AvgIpc) is 2.14. The van der Waals surface area contributed by atoms with Crippen LogP contribution in [0.3, 0.4) is 0 Å². The first-order chi connectivity index (χ1) is 7.16. The first-order valence-corrected chi connectivity index (χ1v) is 5.65. The first kappa shape index (κ1) is 13.1. The zero-order valence-electron chi connectivity index (χ0n) is 11.1. The van der Waals surface area contributed by atoms with Crippen molar-refractivity contribution in [2.75, 3.05) is 0 Å². The predicted octanol–water partition coefficient (Wildman–Crippen LogP) is 4.21. The number of benzene rings is 1. The summed E-state index contributed by atoms with van der Waals surface area (Å²) in [5.74, 6) is 0.653. The van der Waals surface area contributed by atoms with Crippen LogP contribution in [0.5, 0.6) is 5.75 Å². The van der Waals surface area contributed by atoms with Crippen molar-refractivity contribution < 1.29 is 4.74 Å². The Labute approximate surface area is 99.8 Å². The predicted molar refractivity (Wildman–Crippen MR) is 67.7 cm³/mol. The largest absolute Gasteiger partial charge is 0.473 e. The molecule has 0 saturated carbocycles. The minimum Gasteiger partial charge on any atom is -0.473 e. The van der Waals surface area contributed by atoms with Gasteiger partial charge in [0.05, 0.1) is 0 Å². The smallest absolute Gasteiger partial charge is 0.253 e. The lowest BCUT2D eigenvalue weighted by Crippen LogP contribution is -2.17. The van der Waals surface area contributed by atoms with Crippen LogP contribution in [0.25, 0.3) is 0 Å². The van der Waals surface area contributed by atoms with Crippen LogP contribution < -0.4 is 4.74 Å². The van der Waals surface area contributed by atoms with Gasteiger partial charge < -0.3 is 4.74 Å². The van der Waals surface area contributed by atoms with Crippen molar-refractivity contribution in [1.29, 1.82) is 0 Å². The van der Waals surface area contributed by atoms with Gasteiger partial charge in [-0.2, -0.15) is 0 Å². The molecular weight excluding hydrogens is 196 g/mol. The zero-order chi connectivity index (χ0) is 12.6. The molecule has 0 heterocycles. The number of hydrogen-bond acceptors (Lipinski definition) is 1. The van der Waals surface area contributed by atoms with Gasteiger partial charge in [-0.25, -0.2) is 0 Å². The summed E-state index contributed by atoms with van der Waals surface area (Å²) in [6.45, 7) is 13.0. The van der Waals surface area contributed by atoms with E-state index in [9.17, 15) is 0 Å². The average molecular weight is 217 g/mol. The van der Waals surface area contributed by atoms with E-state index in [0.29, 0.717) is 5.75 Å². The van der Waals surface area contributed by atoms with Crippen molar-refractivity contribution in [2.24, 2.45) is 0 Å². The molecule has 0 aliphatic heterocycles. The molecule has 1 nitrogen and oxygen atoms in total. The summed E-state index contributed by atoms with van der Waals surface area (Å²) < 4.78 is 4.69. The van der Waals surface area contributed by atoms with E-state index in [-0.39, 0.29) is 10.8 Å². The van der Waals surface area contributed by atoms with Gasteiger partial charge in [-0.15, -0.1) is 0 Å². The molecule has 0 aliphatic carbocycles. The Kier molecular flexibility index (Phi) is 3.37. The molecule has 0 aromatic heterocycles. The molecule has 3 radical (unpaired) electrons. The molecule has 87 valence electrons. The zero-order valence-corrected chi connectivity index (χ0v) is 11.1. The molecule has 0 amide bonds. The van der Waals surface area contributed by atoms with Crippen LogP contribution in [-0.4, -0.2) is 0 Å². The second kappa shape index (κ2) is 4.12. The van der Waals surface area contributed by atoms with Crippen LogP contribution in [0, 0.1) is 7.11 Å². The lowest BCUT2D eigenvalue weighted by Gasteiger charge is -2.26. The maximum Gasteiger partial charge on any atom is 0.253 e. The fourth-order valence-electron chi connectivity index (χ4n) is 1.67. The standard InChI is InChI=1S/C15H21O/c1-14(2,3)11-8-9-13(16-7)12(10-11)15(4,5)6/h8-10H,1-6H3. The highest BCUT2D eigenvalue weighted by molar-refractivity contribution is 5.43. The Morgan fingerprint density at radius 3 is 1.88 bits per heavy atom. The van der Waals surface area contributed by atoms with E-state index in [1.165, 1.54) is 5.56 Å². The van der Waals surface area contributed by atoms with Gasteiger partial charge in [0.25, 0.3) is 7.11 Å². The summed E-state index contributed by atoms with van der Waals surface area (Å²) in [5, 5.41) is 0. The van der Waals surface area contributed by atoms with Crippen LogP contribution in [-0.2, 0) is 10.8 Å². The molecule has 0 atom stereocenters. The molecule has 0 spiro atoms. The van der Waals surface area contributed by atoms with Crippen molar-refractivity contribution in [3.8, 4) is 5.75 Å². The summed E-state index contributed by atoms with van der Waals surface area (Å²) in [7, 11) is 7.09. The topological polar surface area (TPSA) is 9.23 Å². The van der Waals surface area contributed by atoms with Crippen LogP contribution in [0.1, 0.15) is 52.7 Å². The van der Waals surface area contributed by atoms with Gasteiger partial charge in [0.1, 0.15) is 5.75 Å². The van der Waals surface area contributed by atoms with E-state index >= 15 is 0 Å². The van der Waals surface area contributed by atoms with Gasteiger partial charge in [-0.05, 0) is 28.0 Å². The van der Waals surface area contributed by atoms with Crippen LogP contribution in [0.4, 0.5) is 0 Å². The molecule has 0 unspecified atom stereocenters. The third-order valence-corrected chi connectivity index (χ3v) is 2.76. The minimum absolute atomic E-state index is 0.00234. The van der Waals surface area contributed by atoms with Crippen LogP contribution in [0.15, 0.2) is 18.2 Å². The number of hydrogen-bond donors (Lipinski definition) is 0. The molecule has 1 rings (SSSR count). The van der Waals surface area contributed by atoms with Crippen molar-refractivity contribution in [1.82, 2.24) is 0 Å². The Morgan fingerprint density at radius 2 is 1.50 bits per heavy atom. The van der Waals surface area contributed by atoms with Crippen LogP contribution >= 0.6 is 0 Å². The SMILES string of the molecule is [C]Oc1ccc(C(C)(C)C)cc1C(C)(C)C. The third-order valence-electron chi connectivity index (χ3n) is 2.76. The summed E-state index contributed by atoms with van der Waals surface area (Å²) in [5.41, 5.74) is 2.49. The Bertz CT molecular complexity index is 364. The Hall–Kier alpha value is -0.980. The van der Waals surface area contributed by atoms with E-state index in [0.717, 1.165) is 5.56 Å². The molecule has 0 saturated heterocycles. The molecular formula is C15H21O. The third kappa shape index (κ3) is 2.78. The van der Waals surface area contributed by atoms with E-state index in [1.54, 1.807) is 0 Å². The van der Waals surface area contributed by atoms with E-state index in [4.69, 9.17) is 7.11 Å². The van der Waals surface area contributed by atoms with Crippen molar-refractivity contribution >= 4 is 0 Å². The van der Waals surface area contributed by atoms with E-state index in [1.807, 2.05) is 12.1 Å². The Morgan fingerprint density at radius 1 is 0.938 bits per heavy atom. The molecule has 1 aromatic rings. The maximum atomic E-state index is 7.09. The lowest BCUT2D eigenvalue weighted by atomic mass is 9.80. The highest BCUT2D eigenvalue weighted by atomic mass is 16.5. The Balaban J connectivity index is 3.34. The molecule has 0 N–H and O–H groups in total. The van der Waals surface area contributed by atoms with Gasteiger partial charge in [0.15, 0.2) is 0 Å². The second-order valence-corrected chi connectivity index (χ2v) is 6.31. The fraction of sp³-hybridized carbons (Fsp3) is 0.533. The number of ether oxygens (including phenoxy) is 1. The van der Waals surface area contributed by atoms with E-state index < -0.39 is 0 Å². The normalized spacial score (nSPS) is 12.7.